The van der Waals surface area contributed by atoms with Gasteiger partial charge in [-0.25, -0.2) is 14.3 Å². The van der Waals surface area contributed by atoms with Gasteiger partial charge in [-0.05, 0) is 12.3 Å². The van der Waals surface area contributed by atoms with Gasteiger partial charge in [0.25, 0.3) is 5.56 Å². The van der Waals surface area contributed by atoms with E-state index in [4.69, 9.17) is 0 Å². The van der Waals surface area contributed by atoms with Crippen molar-refractivity contribution in [2.75, 3.05) is 6.54 Å². The minimum Gasteiger partial charge on any atom is -0.354 e. The molecule has 0 saturated carbocycles. The first-order valence-corrected chi connectivity index (χ1v) is 8.78. The molecule has 0 radical (unpaired) electrons. The van der Waals surface area contributed by atoms with E-state index in [2.05, 4.69) is 24.1 Å². The summed E-state index contributed by atoms with van der Waals surface area (Å²) in [6, 6.07) is 0. The largest absolute Gasteiger partial charge is 0.354 e. The molecule has 2 aromatic heterocycles. The SMILES string of the molecule is CCCCC(CC)CNC(=O)Cn1c(=O)c2c(ncn2C)n(C)c1=O. The topological polar surface area (TPSA) is 90.9 Å². The number of aromatic nitrogens is 4. The molecule has 25 heavy (non-hydrogen) atoms. The summed E-state index contributed by atoms with van der Waals surface area (Å²) in [6.07, 6.45) is 5.79. The Hall–Kier alpha value is -2.38. The van der Waals surface area contributed by atoms with Crippen LogP contribution in [-0.4, -0.2) is 31.1 Å². The van der Waals surface area contributed by atoms with Crippen molar-refractivity contribution in [3.8, 4) is 0 Å². The first kappa shape index (κ1) is 19.0. The summed E-state index contributed by atoms with van der Waals surface area (Å²) < 4.78 is 3.82. The zero-order valence-electron chi connectivity index (χ0n) is 15.4. The highest BCUT2D eigenvalue weighted by atomic mass is 16.2. The molecule has 0 fully saturated rings. The lowest BCUT2D eigenvalue weighted by molar-refractivity contribution is -0.122. The number of carbonyl (C=O) groups excluding carboxylic acids is 1. The Morgan fingerprint density at radius 1 is 1.28 bits per heavy atom. The predicted molar refractivity (Wildman–Crippen MR) is 96.5 cm³/mol. The fourth-order valence-corrected chi connectivity index (χ4v) is 2.94. The number of fused-ring (bicyclic) bond motifs is 1. The van der Waals surface area contributed by atoms with E-state index >= 15 is 0 Å². The van der Waals surface area contributed by atoms with Gasteiger partial charge in [0.15, 0.2) is 11.2 Å². The Morgan fingerprint density at radius 2 is 2.00 bits per heavy atom. The van der Waals surface area contributed by atoms with Gasteiger partial charge in [-0.3, -0.25) is 14.2 Å². The third kappa shape index (κ3) is 4.00. The van der Waals surface area contributed by atoms with Gasteiger partial charge in [0.2, 0.25) is 5.91 Å². The maximum absolute atomic E-state index is 12.6. The molecule has 2 heterocycles. The molecule has 1 atom stereocenters. The van der Waals surface area contributed by atoms with Crippen LogP contribution in [0.3, 0.4) is 0 Å². The van der Waals surface area contributed by atoms with Gasteiger partial charge in [-0.15, -0.1) is 0 Å². The van der Waals surface area contributed by atoms with Crippen LogP contribution in [0.25, 0.3) is 11.2 Å². The molecule has 2 aromatic rings. The number of aryl methyl sites for hydroxylation is 2. The molecule has 1 amide bonds. The first-order chi connectivity index (χ1) is 11.9. The van der Waals surface area contributed by atoms with Gasteiger partial charge in [-0.1, -0.05) is 33.1 Å². The van der Waals surface area contributed by atoms with Crippen molar-refractivity contribution in [3.05, 3.63) is 27.2 Å². The van der Waals surface area contributed by atoms with Gasteiger partial charge in [0, 0.05) is 20.6 Å². The Labute approximate surface area is 146 Å². The summed E-state index contributed by atoms with van der Waals surface area (Å²) in [6.45, 7) is 4.53. The smallest absolute Gasteiger partial charge is 0.332 e. The molecule has 8 heteroatoms. The normalized spacial score (nSPS) is 12.5. The number of amides is 1. The Balaban J connectivity index is 2.17. The summed E-state index contributed by atoms with van der Waals surface area (Å²) in [7, 11) is 3.23. The molecule has 0 aromatic carbocycles. The molecule has 8 nitrogen and oxygen atoms in total. The van der Waals surface area contributed by atoms with E-state index in [-0.39, 0.29) is 12.5 Å². The van der Waals surface area contributed by atoms with Crippen LogP contribution in [0, 0.1) is 5.92 Å². The van der Waals surface area contributed by atoms with E-state index in [9.17, 15) is 14.4 Å². The lowest BCUT2D eigenvalue weighted by Gasteiger charge is -2.15. The summed E-state index contributed by atoms with van der Waals surface area (Å²) in [4.78, 5) is 41.3. The van der Waals surface area contributed by atoms with Gasteiger partial charge in [-0.2, -0.15) is 0 Å². The van der Waals surface area contributed by atoms with Crippen molar-refractivity contribution >= 4 is 17.1 Å². The molecule has 0 aliphatic carbocycles. The lowest BCUT2D eigenvalue weighted by atomic mass is 9.99. The molecular weight excluding hydrogens is 322 g/mol. The van der Waals surface area contributed by atoms with Crippen molar-refractivity contribution in [3.63, 3.8) is 0 Å². The molecule has 1 unspecified atom stereocenters. The monoisotopic (exact) mass is 349 g/mol. The second-order valence-corrected chi connectivity index (χ2v) is 6.48. The number of hydrogen-bond donors (Lipinski definition) is 1. The van der Waals surface area contributed by atoms with Gasteiger partial charge in [0.05, 0.1) is 6.33 Å². The van der Waals surface area contributed by atoms with Crippen molar-refractivity contribution < 1.29 is 4.79 Å². The van der Waals surface area contributed by atoms with Crippen LogP contribution in [0.4, 0.5) is 0 Å². The molecule has 1 N–H and O–H groups in total. The Morgan fingerprint density at radius 3 is 2.64 bits per heavy atom. The van der Waals surface area contributed by atoms with Crippen molar-refractivity contribution in [2.45, 2.75) is 46.1 Å². The maximum Gasteiger partial charge on any atom is 0.332 e. The summed E-state index contributed by atoms with van der Waals surface area (Å²) in [5.41, 5.74) is -0.403. The number of imidazole rings is 1. The van der Waals surface area contributed by atoms with E-state index in [0.717, 1.165) is 30.3 Å². The van der Waals surface area contributed by atoms with Crippen LogP contribution < -0.4 is 16.6 Å². The average Bonchev–Trinajstić information content (AvgIpc) is 2.99. The molecule has 0 bridgehead atoms. The standard InChI is InChI=1S/C17H27N5O3/c1-5-7-8-12(6-2)9-18-13(23)10-22-16(24)14-15(19-11-20(14)3)21(4)17(22)25/h11-12H,5-10H2,1-4H3,(H,18,23). The van der Waals surface area contributed by atoms with Gasteiger partial charge >= 0.3 is 5.69 Å². The summed E-state index contributed by atoms with van der Waals surface area (Å²) in [5, 5.41) is 2.85. The molecule has 2 rings (SSSR count). The Kier molecular flexibility index (Phi) is 6.17. The number of hydrogen-bond acceptors (Lipinski definition) is 4. The van der Waals surface area contributed by atoms with Crippen molar-refractivity contribution in [1.29, 1.82) is 0 Å². The first-order valence-electron chi connectivity index (χ1n) is 8.78. The molecule has 0 spiro atoms. The molecule has 0 aliphatic rings. The maximum atomic E-state index is 12.6. The molecule has 138 valence electrons. The van der Waals surface area contributed by atoms with E-state index in [1.165, 1.54) is 10.9 Å². The molecule has 0 saturated heterocycles. The van der Waals surface area contributed by atoms with Crippen LogP contribution in [0.15, 0.2) is 15.9 Å². The van der Waals surface area contributed by atoms with Crippen LogP contribution in [0.2, 0.25) is 0 Å². The second kappa shape index (κ2) is 8.13. The zero-order valence-corrected chi connectivity index (χ0v) is 15.4. The second-order valence-electron chi connectivity index (χ2n) is 6.48. The highest BCUT2D eigenvalue weighted by Crippen LogP contribution is 2.11. The quantitative estimate of drug-likeness (QED) is 0.762. The minimum absolute atomic E-state index is 0.281. The van der Waals surface area contributed by atoms with E-state index in [1.807, 2.05) is 0 Å². The fraction of sp³-hybridized carbons (Fsp3) is 0.647. The van der Waals surface area contributed by atoms with Crippen LogP contribution in [0.1, 0.15) is 39.5 Å². The summed E-state index contributed by atoms with van der Waals surface area (Å²) in [5.74, 6) is 0.0960. The van der Waals surface area contributed by atoms with Crippen molar-refractivity contribution in [1.82, 2.24) is 24.0 Å². The van der Waals surface area contributed by atoms with Gasteiger partial charge < -0.3 is 9.88 Å². The molecule has 0 aliphatic heterocycles. The van der Waals surface area contributed by atoms with Crippen LogP contribution in [-0.2, 0) is 25.4 Å². The zero-order chi connectivity index (χ0) is 18.6. The van der Waals surface area contributed by atoms with E-state index in [0.29, 0.717) is 23.6 Å². The van der Waals surface area contributed by atoms with Crippen LogP contribution >= 0.6 is 0 Å². The minimum atomic E-state index is -0.538. The number of rotatable bonds is 8. The third-order valence-electron chi connectivity index (χ3n) is 4.63. The van der Waals surface area contributed by atoms with E-state index < -0.39 is 11.2 Å². The van der Waals surface area contributed by atoms with Crippen molar-refractivity contribution in [2.24, 2.45) is 20.0 Å². The fourth-order valence-electron chi connectivity index (χ4n) is 2.94. The lowest BCUT2D eigenvalue weighted by Crippen LogP contribution is -2.44. The van der Waals surface area contributed by atoms with Crippen LogP contribution in [0.5, 0.6) is 0 Å². The highest BCUT2D eigenvalue weighted by Gasteiger charge is 2.17. The summed E-state index contributed by atoms with van der Waals surface area (Å²) >= 11 is 0. The highest BCUT2D eigenvalue weighted by molar-refractivity contribution is 5.76. The predicted octanol–water partition coefficient (Wildman–Crippen LogP) is 0.766. The van der Waals surface area contributed by atoms with E-state index in [1.54, 1.807) is 18.7 Å². The number of carbonyl (C=O) groups is 1. The Bertz CT molecular complexity index is 862. The number of nitrogens with zero attached hydrogens (tertiary/aromatic N) is 4. The number of nitrogens with one attached hydrogen (secondary N) is 1. The average molecular weight is 349 g/mol. The molecular formula is C17H27N5O3. The van der Waals surface area contributed by atoms with Gasteiger partial charge in [0.1, 0.15) is 6.54 Å². The number of unbranched alkanes of at least 4 members (excludes halogenated alkanes) is 1. The third-order valence-corrected chi connectivity index (χ3v) is 4.63.